The Morgan fingerprint density at radius 2 is 1.81 bits per heavy atom. The molecule has 2 atom stereocenters. The number of para-hydroxylation sites is 2. The number of hydrogen-bond donors (Lipinski definition) is 1. The summed E-state index contributed by atoms with van der Waals surface area (Å²) in [5.41, 5.74) is 1.49. The highest BCUT2D eigenvalue weighted by Gasteiger charge is 2.39. The van der Waals surface area contributed by atoms with E-state index in [9.17, 15) is 19.5 Å². The maximum atomic E-state index is 12.8. The summed E-state index contributed by atoms with van der Waals surface area (Å²) in [4.78, 5) is 38.2. The molecule has 2 aromatic rings. The van der Waals surface area contributed by atoms with Crippen LogP contribution in [-0.4, -0.2) is 56.8 Å². The van der Waals surface area contributed by atoms with Crippen LogP contribution < -0.4 is 5.69 Å². The molecule has 1 amide bonds. The second kappa shape index (κ2) is 7.96. The number of aryl methyl sites for hydroxylation is 2. The van der Waals surface area contributed by atoms with Crippen molar-refractivity contribution in [3.05, 3.63) is 34.7 Å². The van der Waals surface area contributed by atoms with Crippen molar-refractivity contribution in [1.29, 1.82) is 0 Å². The number of aromatic nitrogens is 2. The number of hydrogen-bond acceptors (Lipinski definition) is 4. The van der Waals surface area contributed by atoms with E-state index in [4.69, 9.17) is 4.74 Å². The lowest BCUT2D eigenvalue weighted by Crippen LogP contribution is -2.41. The summed E-state index contributed by atoms with van der Waals surface area (Å²) in [6.07, 6.45) is 0.914. The lowest BCUT2D eigenvalue weighted by molar-refractivity contribution is -0.148. The van der Waals surface area contributed by atoms with E-state index in [1.54, 1.807) is 9.13 Å². The average Bonchev–Trinajstić information content (AvgIpc) is 3.21. The first-order chi connectivity index (χ1) is 13.0. The fourth-order valence-corrected chi connectivity index (χ4v) is 3.76. The Balaban J connectivity index is 1.81. The van der Waals surface area contributed by atoms with E-state index in [-0.39, 0.29) is 43.6 Å². The van der Waals surface area contributed by atoms with Gasteiger partial charge in [0, 0.05) is 39.6 Å². The highest BCUT2D eigenvalue weighted by Crippen LogP contribution is 2.22. The van der Waals surface area contributed by atoms with Gasteiger partial charge in [-0.1, -0.05) is 19.1 Å². The third-order valence-electron chi connectivity index (χ3n) is 5.12. The Morgan fingerprint density at radius 1 is 1.19 bits per heavy atom. The minimum Gasteiger partial charge on any atom is -0.480 e. The van der Waals surface area contributed by atoms with Crippen LogP contribution in [-0.2, 0) is 27.4 Å². The number of likely N-dealkylation sites (tertiary alicyclic amines) is 1. The van der Waals surface area contributed by atoms with Crippen LogP contribution >= 0.6 is 0 Å². The normalized spacial score (nSPS) is 19.7. The lowest BCUT2D eigenvalue weighted by Gasteiger charge is -2.21. The number of benzene rings is 1. The molecular weight excluding hydrogens is 350 g/mol. The van der Waals surface area contributed by atoms with Crippen LogP contribution in [0.15, 0.2) is 29.1 Å². The molecule has 8 heteroatoms. The Morgan fingerprint density at radius 3 is 2.37 bits per heavy atom. The Bertz CT molecular complexity index is 900. The van der Waals surface area contributed by atoms with Crippen LogP contribution in [0.2, 0.25) is 0 Å². The molecule has 1 saturated heterocycles. The van der Waals surface area contributed by atoms with Gasteiger partial charge in [0.05, 0.1) is 17.1 Å². The predicted octanol–water partition coefficient (Wildman–Crippen LogP) is 1.30. The van der Waals surface area contributed by atoms with E-state index in [2.05, 4.69) is 0 Å². The number of methoxy groups -OCH3 is 1. The zero-order valence-corrected chi connectivity index (χ0v) is 15.6. The molecule has 0 spiro atoms. The summed E-state index contributed by atoms with van der Waals surface area (Å²) >= 11 is 0. The number of fused-ring (bicyclic) bond motifs is 1. The summed E-state index contributed by atoms with van der Waals surface area (Å²) in [5, 5.41) is 9.37. The van der Waals surface area contributed by atoms with Crippen LogP contribution in [0.5, 0.6) is 0 Å². The molecule has 0 radical (unpaired) electrons. The minimum absolute atomic E-state index is 0.0697. The van der Waals surface area contributed by atoms with Crippen LogP contribution in [0.1, 0.15) is 26.2 Å². The SMILES string of the molecule is CCCn1c(=O)n(CCC(=O)N2CC(OC)CC2C(=O)O)c2ccccc21. The topological polar surface area (TPSA) is 93.8 Å². The third-order valence-corrected chi connectivity index (χ3v) is 5.12. The standard InChI is InChI=1S/C19H25N3O5/c1-3-9-20-14-6-4-5-7-15(14)21(19(20)26)10-8-17(23)22-12-13(27-2)11-16(22)18(24)25/h4-7,13,16H,3,8-12H2,1-2H3,(H,24,25). The molecule has 8 nitrogen and oxygen atoms in total. The van der Waals surface area contributed by atoms with Crippen molar-refractivity contribution in [3.63, 3.8) is 0 Å². The lowest BCUT2D eigenvalue weighted by atomic mass is 10.2. The molecule has 1 fully saturated rings. The molecule has 0 saturated carbocycles. The van der Waals surface area contributed by atoms with Gasteiger partial charge in [-0.15, -0.1) is 0 Å². The Labute approximate surface area is 156 Å². The average molecular weight is 375 g/mol. The van der Waals surface area contributed by atoms with Crippen molar-refractivity contribution < 1.29 is 19.4 Å². The van der Waals surface area contributed by atoms with Gasteiger partial charge in [-0.05, 0) is 18.6 Å². The zero-order chi connectivity index (χ0) is 19.6. The summed E-state index contributed by atoms with van der Waals surface area (Å²) < 4.78 is 8.54. The zero-order valence-electron chi connectivity index (χ0n) is 15.6. The molecule has 146 valence electrons. The first kappa shape index (κ1) is 19.2. The molecule has 1 aromatic carbocycles. The summed E-state index contributed by atoms with van der Waals surface area (Å²) in [6, 6.07) is 6.64. The van der Waals surface area contributed by atoms with Crippen molar-refractivity contribution in [3.8, 4) is 0 Å². The second-order valence-corrected chi connectivity index (χ2v) is 6.82. The van der Waals surface area contributed by atoms with Gasteiger partial charge in [0.15, 0.2) is 0 Å². The molecular formula is C19H25N3O5. The number of carboxylic acids is 1. The molecule has 0 aliphatic carbocycles. The fourth-order valence-electron chi connectivity index (χ4n) is 3.76. The predicted molar refractivity (Wildman–Crippen MR) is 99.7 cm³/mol. The number of amides is 1. The molecule has 0 bridgehead atoms. The Hall–Kier alpha value is -2.61. The van der Waals surface area contributed by atoms with Gasteiger partial charge in [0.2, 0.25) is 5.91 Å². The van der Waals surface area contributed by atoms with Crippen LogP contribution in [0, 0.1) is 0 Å². The van der Waals surface area contributed by atoms with Crippen molar-refractivity contribution in [2.24, 2.45) is 0 Å². The first-order valence-electron chi connectivity index (χ1n) is 9.21. The van der Waals surface area contributed by atoms with E-state index < -0.39 is 12.0 Å². The molecule has 27 heavy (non-hydrogen) atoms. The molecule has 3 rings (SSSR count). The molecule has 1 aliphatic rings. The summed E-state index contributed by atoms with van der Waals surface area (Å²) in [5.74, 6) is -1.30. The number of carbonyl (C=O) groups is 2. The highest BCUT2D eigenvalue weighted by atomic mass is 16.5. The van der Waals surface area contributed by atoms with Crippen molar-refractivity contribution in [1.82, 2.24) is 14.0 Å². The molecule has 1 N–H and O–H groups in total. The molecule has 2 unspecified atom stereocenters. The maximum absolute atomic E-state index is 12.8. The quantitative estimate of drug-likeness (QED) is 0.787. The second-order valence-electron chi connectivity index (χ2n) is 6.82. The molecule has 1 aromatic heterocycles. The number of aliphatic carboxylic acids is 1. The van der Waals surface area contributed by atoms with Gasteiger partial charge in [-0.3, -0.25) is 13.9 Å². The fraction of sp³-hybridized carbons (Fsp3) is 0.526. The third kappa shape index (κ3) is 3.62. The van der Waals surface area contributed by atoms with E-state index in [0.717, 1.165) is 17.5 Å². The van der Waals surface area contributed by atoms with Gasteiger partial charge in [-0.25, -0.2) is 9.59 Å². The van der Waals surface area contributed by atoms with E-state index in [1.807, 2.05) is 31.2 Å². The van der Waals surface area contributed by atoms with E-state index in [0.29, 0.717) is 6.54 Å². The van der Waals surface area contributed by atoms with Gasteiger partial charge in [-0.2, -0.15) is 0 Å². The van der Waals surface area contributed by atoms with E-state index in [1.165, 1.54) is 12.0 Å². The highest BCUT2D eigenvalue weighted by molar-refractivity contribution is 5.84. The number of imidazole rings is 1. The minimum atomic E-state index is -1.03. The van der Waals surface area contributed by atoms with Crippen molar-refractivity contribution >= 4 is 22.9 Å². The number of rotatable bonds is 7. The number of ether oxygens (including phenoxy) is 1. The van der Waals surface area contributed by atoms with Gasteiger partial charge >= 0.3 is 11.7 Å². The number of carboxylic acid groups (broad SMARTS) is 1. The maximum Gasteiger partial charge on any atom is 0.329 e. The summed E-state index contributed by atoms with van der Waals surface area (Å²) in [6.45, 7) is 3.10. The van der Waals surface area contributed by atoms with Gasteiger partial charge in [0.25, 0.3) is 0 Å². The largest absolute Gasteiger partial charge is 0.480 e. The van der Waals surface area contributed by atoms with Gasteiger partial charge in [0.1, 0.15) is 6.04 Å². The Kier molecular flexibility index (Phi) is 5.65. The van der Waals surface area contributed by atoms with Crippen LogP contribution in [0.3, 0.4) is 0 Å². The van der Waals surface area contributed by atoms with Crippen LogP contribution in [0.4, 0.5) is 0 Å². The smallest absolute Gasteiger partial charge is 0.329 e. The number of carbonyl (C=O) groups excluding carboxylic acids is 1. The monoisotopic (exact) mass is 375 g/mol. The van der Waals surface area contributed by atoms with Crippen LogP contribution in [0.25, 0.3) is 11.0 Å². The number of nitrogens with zero attached hydrogens (tertiary/aromatic N) is 3. The summed E-state index contributed by atoms with van der Waals surface area (Å²) in [7, 11) is 1.51. The van der Waals surface area contributed by atoms with Crippen molar-refractivity contribution in [2.75, 3.05) is 13.7 Å². The molecule has 2 heterocycles. The van der Waals surface area contributed by atoms with E-state index >= 15 is 0 Å². The molecule has 1 aliphatic heterocycles. The van der Waals surface area contributed by atoms with Crippen molar-refractivity contribution in [2.45, 2.75) is 51.4 Å². The first-order valence-corrected chi connectivity index (χ1v) is 9.21. The van der Waals surface area contributed by atoms with Gasteiger partial charge < -0.3 is 14.7 Å².